The Morgan fingerprint density at radius 3 is 2.60 bits per heavy atom. The first-order valence-electron chi connectivity index (χ1n) is 7.92. The van der Waals surface area contributed by atoms with Crippen LogP contribution >= 0.6 is 23.8 Å². The highest BCUT2D eigenvalue weighted by atomic mass is 35.5. The van der Waals surface area contributed by atoms with E-state index in [1.54, 1.807) is 7.11 Å². The lowest BCUT2D eigenvalue weighted by molar-refractivity contribution is 0.297. The monoisotopic (exact) mass is 379 g/mol. The Bertz CT molecular complexity index is 765. The van der Waals surface area contributed by atoms with Crippen LogP contribution in [0.1, 0.15) is 23.6 Å². The number of aryl methyl sites for hydroxylation is 2. The van der Waals surface area contributed by atoms with Crippen molar-refractivity contribution in [3.63, 3.8) is 0 Å². The minimum absolute atomic E-state index is 0.274. The Morgan fingerprint density at radius 1 is 1.20 bits per heavy atom. The molecule has 0 heterocycles. The second-order valence-corrected chi connectivity index (χ2v) is 6.23. The van der Waals surface area contributed by atoms with Crippen LogP contribution in [0.3, 0.4) is 0 Å². The molecule has 4 nitrogen and oxygen atoms in total. The summed E-state index contributed by atoms with van der Waals surface area (Å²) in [6.45, 7) is 4.43. The highest BCUT2D eigenvalue weighted by molar-refractivity contribution is 7.80. The van der Waals surface area contributed by atoms with Crippen molar-refractivity contribution in [3.05, 3.63) is 52.0 Å². The van der Waals surface area contributed by atoms with Crippen molar-refractivity contribution < 1.29 is 14.2 Å². The molecule has 2 rings (SSSR count). The van der Waals surface area contributed by atoms with Crippen molar-refractivity contribution in [1.29, 1.82) is 0 Å². The Hall–Kier alpha value is -1.98. The van der Waals surface area contributed by atoms with Gasteiger partial charge in [0.15, 0.2) is 0 Å². The van der Waals surface area contributed by atoms with Crippen molar-refractivity contribution in [1.82, 2.24) is 0 Å². The van der Waals surface area contributed by atoms with Gasteiger partial charge in [-0.3, -0.25) is 0 Å². The molecule has 0 aliphatic carbocycles. The Morgan fingerprint density at radius 2 is 1.96 bits per heavy atom. The molecule has 0 saturated heterocycles. The minimum Gasteiger partial charge on any atom is -0.496 e. The predicted molar refractivity (Wildman–Crippen MR) is 106 cm³/mol. The number of hydrogen-bond donors (Lipinski definition) is 1. The molecule has 0 aliphatic rings. The van der Waals surface area contributed by atoms with E-state index in [4.69, 9.17) is 38.0 Å². The highest BCUT2D eigenvalue weighted by Crippen LogP contribution is 2.32. The number of ether oxygens (including phenoxy) is 3. The van der Waals surface area contributed by atoms with Gasteiger partial charge in [-0.2, -0.15) is 0 Å². The fourth-order valence-corrected chi connectivity index (χ4v) is 2.87. The van der Waals surface area contributed by atoms with Gasteiger partial charge in [-0.15, -0.1) is 0 Å². The Labute approximate surface area is 159 Å². The van der Waals surface area contributed by atoms with E-state index in [2.05, 4.69) is 19.2 Å². The summed E-state index contributed by atoms with van der Waals surface area (Å²) in [5.74, 6) is 1.34. The number of thiocarbonyl (C=S) groups is 1. The molecule has 25 heavy (non-hydrogen) atoms. The highest BCUT2D eigenvalue weighted by Gasteiger charge is 2.13. The van der Waals surface area contributed by atoms with E-state index in [1.165, 1.54) is 12.7 Å². The summed E-state index contributed by atoms with van der Waals surface area (Å²) in [5, 5.41) is 3.90. The van der Waals surface area contributed by atoms with Crippen LogP contribution in [-0.2, 0) is 17.8 Å². The van der Waals surface area contributed by atoms with Gasteiger partial charge in [0.1, 0.15) is 18.1 Å². The molecule has 0 radical (unpaired) electrons. The Balaban J connectivity index is 2.28. The lowest BCUT2D eigenvalue weighted by Gasteiger charge is -2.17. The molecular formula is C19H22ClNO3S. The van der Waals surface area contributed by atoms with Crippen molar-refractivity contribution in [2.24, 2.45) is 0 Å². The largest absolute Gasteiger partial charge is 0.496 e. The second-order valence-electron chi connectivity index (χ2n) is 5.45. The average molecular weight is 380 g/mol. The van der Waals surface area contributed by atoms with Crippen LogP contribution in [0, 0.1) is 6.92 Å². The van der Waals surface area contributed by atoms with Gasteiger partial charge in [0.25, 0.3) is 5.17 Å². The number of benzene rings is 2. The number of halogens is 1. The van der Waals surface area contributed by atoms with E-state index in [9.17, 15) is 0 Å². The number of anilines is 1. The first-order valence-corrected chi connectivity index (χ1v) is 8.71. The number of hydrogen-bond acceptors (Lipinski definition) is 4. The molecule has 0 fully saturated rings. The summed E-state index contributed by atoms with van der Waals surface area (Å²) in [6.07, 6.45) is 0.931. The molecule has 0 aromatic heterocycles. The number of rotatable bonds is 6. The van der Waals surface area contributed by atoms with E-state index in [-0.39, 0.29) is 11.8 Å². The molecule has 134 valence electrons. The van der Waals surface area contributed by atoms with Crippen molar-refractivity contribution in [2.45, 2.75) is 26.9 Å². The lowest BCUT2D eigenvalue weighted by Crippen LogP contribution is -2.13. The number of nitrogens with one attached hydrogen (secondary N) is 1. The predicted octanol–water partition coefficient (Wildman–Crippen LogP) is 5.14. The molecule has 0 aliphatic heterocycles. The first-order chi connectivity index (χ1) is 12.0. The molecular weight excluding hydrogens is 358 g/mol. The third-order valence-corrected chi connectivity index (χ3v) is 4.48. The zero-order chi connectivity index (χ0) is 18.4. The zero-order valence-corrected chi connectivity index (χ0v) is 16.4. The Kier molecular flexibility index (Phi) is 6.91. The van der Waals surface area contributed by atoms with E-state index in [1.807, 2.05) is 30.3 Å². The molecule has 2 aromatic rings. The maximum absolute atomic E-state index is 6.35. The van der Waals surface area contributed by atoms with E-state index >= 15 is 0 Å². The van der Waals surface area contributed by atoms with Gasteiger partial charge in [0, 0.05) is 0 Å². The standard InChI is InChI=1S/C19H22ClNO3S/c1-5-13-10-15(20)18(9-12(13)2)24-11-14-16(21-19(25)23-4)7-6-8-17(14)22-3/h6-10H,5,11H2,1-4H3,(H,21,25). The summed E-state index contributed by atoms with van der Waals surface area (Å²) in [7, 11) is 3.13. The quantitative estimate of drug-likeness (QED) is 0.703. The van der Waals surface area contributed by atoms with Gasteiger partial charge in [-0.05, 0) is 61.0 Å². The molecule has 0 amide bonds. The first kappa shape index (κ1) is 19.3. The fraction of sp³-hybridized carbons (Fsp3) is 0.316. The van der Waals surface area contributed by atoms with Gasteiger partial charge < -0.3 is 19.5 Å². The van der Waals surface area contributed by atoms with Crippen LogP contribution in [0.2, 0.25) is 5.02 Å². The zero-order valence-electron chi connectivity index (χ0n) is 14.8. The lowest BCUT2D eigenvalue weighted by atomic mass is 10.1. The van der Waals surface area contributed by atoms with Gasteiger partial charge in [-0.25, -0.2) is 0 Å². The van der Waals surface area contributed by atoms with Crippen LogP contribution < -0.4 is 14.8 Å². The van der Waals surface area contributed by atoms with Crippen molar-refractivity contribution >= 4 is 34.7 Å². The molecule has 0 bridgehead atoms. The maximum atomic E-state index is 6.35. The smallest absolute Gasteiger partial charge is 0.260 e. The van der Waals surface area contributed by atoms with Crippen molar-refractivity contribution in [2.75, 3.05) is 19.5 Å². The van der Waals surface area contributed by atoms with Crippen LogP contribution in [0.25, 0.3) is 0 Å². The average Bonchev–Trinajstić information content (AvgIpc) is 2.62. The van der Waals surface area contributed by atoms with Crippen LogP contribution in [0.15, 0.2) is 30.3 Å². The van der Waals surface area contributed by atoms with Crippen LogP contribution in [-0.4, -0.2) is 19.4 Å². The van der Waals surface area contributed by atoms with Crippen molar-refractivity contribution in [3.8, 4) is 11.5 Å². The summed E-state index contributed by atoms with van der Waals surface area (Å²) in [4.78, 5) is 0. The van der Waals surface area contributed by atoms with Gasteiger partial charge >= 0.3 is 0 Å². The molecule has 0 spiro atoms. The molecule has 0 atom stereocenters. The molecule has 6 heteroatoms. The molecule has 0 unspecified atom stereocenters. The third-order valence-electron chi connectivity index (χ3n) is 3.92. The topological polar surface area (TPSA) is 39.7 Å². The van der Waals surface area contributed by atoms with E-state index in [0.29, 0.717) is 16.5 Å². The van der Waals surface area contributed by atoms with Gasteiger partial charge in [0.2, 0.25) is 0 Å². The fourth-order valence-electron chi connectivity index (χ4n) is 2.52. The summed E-state index contributed by atoms with van der Waals surface area (Å²) in [6, 6.07) is 9.54. The normalized spacial score (nSPS) is 10.3. The molecule has 1 N–H and O–H groups in total. The van der Waals surface area contributed by atoms with E-state index < -0.39 is 0 Å². The maximum Gasteiger partial charge on any atom is 0.260 e. The summed E-state index contributed by atoms with van der Waals surface area (Å²) >= 11 is 11.4. The molecule has 2 aromatic carbocycles. The molecule has 0 saturated carbocycles. The minimum atomic E-state index is 0.274. The summed E-state index contributed by atoms with van der Waals surface area (Å²) < 4.78 is 16.4. The van der Waals surface area contributed by atoms with Gasteiger partial charge in [0.05, 0.1) is 30.5 Å². The van der Waals surface area contributed by atoms with Crippen LogP contribution in [0.4, 0.5) is 5.69 Å². The van der Waals surface area contributed by atoms with Gasteiger partial charge in [-0.1, -0.05) is 24.6 Å². The van der Waals surface area contributed by atoms with E-state index in [0.717, 1.165) is 23.2 Å². The number of methoxy groups -OCH3 is 2. The third kappa shape index (κ3) is 4.77. The van der Waals surface area contributed by atoms with Crippen LogP contribution in [0.5, 0.6) is 11.5 Å². The summed E-state index contributed by atoms with van der Waals surface area (Å²) in [5.41, 5.74) is 3.96. The SMILES string of the molecule is CCc1cc(Cl)c(OCc2c(NC(=S)OC)cccc2OC)cc1C. The second kappa shape index (κ2) is 8.92.